The summed E-state index contributed by atoms with van der Waals surface area (Å²) in [4.78, 5) is 52.5. The van der Waals surface area contributed by atoms with Crippen molar-refractivity contribution >= 4 is 63.3 Å². The number of nitrogens with one attached hydrogen (secondary N) is 1. The van der Waals surface area contributed by atoms with Crippen molar-refractivity contribution < 1.29 is 28.7 Å². The summed E-state index contributed by atoms with van der Waals surface area (Å²) in [6.45, 7) is 0.910. The molecule has 3 aromatic rings. The molecule has 0 saturated carbocycles. The number of Topliss-reactive ketones (excluding diaryl/α,β-unsaturated/α-hetero) is 1. The molecule has 2 unspecified atom stereocenters. The molecule has 3 aromatic carbocycles. The number of carbonyl (C=O) groups is 4. The summed E-state index contributed by atoms with van der Waals surface area (Å²) in [5, 5.41) is 4.40. The third kappa shape index (κ3) is 5.63. The van der Waals surface area contributed by atoms with Gasteiger partial charge in [-0.3, -0.25) is 14.4 Å². The van der Waals surface area contributed by atoms with Crippen LogP contribution in [-0.4, -0.2) is 54.1 Å². The second kappa shape index (κ2) is 13.6. The van der Waals surface area contributed by atoms with Gasteiger partial charge in [-0.25, -0.2) is 4.79 Å². The van der Waals surface area contributed by atoms with Crippen molar-refractivity contribution in [3.63, 3.8) is 0 Å². The predicted molar refractivity (Wildman–Crippen MR) is 160 cm³/mol. The Labute approximate surface area is 239 Å². The molecule has 1 N–H and O–H groups in total. The lowest BCUT2D eigenvalue weighted by Gasteiger charge is -2.38. The molecule has 0 fully saturated rings. The highest BCUT2D eigenvalue weighted by molar-refractivity contribution is 7.96. The lowest BCUT2D eigenvalue weighted by atomic mass is 9.84. The Balaban J connectivity index is 2.80. The molecule has 0 aliphatic rings. The van der Waals surface area contributed by atoms with Crippen LogP contribution >= 0.6 is 18.5 Å². The summed E-state index contributed by atoms with van der Waals surface area (Å²) in [6, 6.07) is 27.7. The zero-order chi connectivity index (χ0) is 29.3. The zero-order valence-corrected chi connectivity index (χ0v) is 24.6. The molecular formula is C31H33ClNO6P. The van der Waals surface area contributed by atoms with Crippen molar-refractivity contribution in [2.75, 3.05) is 20.3 Å². The summed E-state index contributed by atoms with van der Waals surface area (Å²) in [5.41, 5.74) is 0. The van der Waals surface area contributed by atoms with Crippen molar-refractivity contribution in [1.29, 1.82) is 0 Å². The normalized spacial score (nSPS) is 13.3. The average Bonchev–Trinajstić information content (AvgIpc) is 2.98. The van der Waals surface area contributed by atoms with Crippen LogP contribution in [-0.2, 0) is 28.7 Å². The Morgan fingerprint density at radius 2 is 1.18 bits per heavy atom. The maximum atomic E-state index is 14.3. The van der Waals surface area contributed by atoms with Gasteiger partial charge < -0.3 is 14.8 Å². The fourth-order valence-corrected chi connectivity index (χ4v) is 9.82. The van der Waals surface area contributed by atoms with Crippen molar-refractivity contribution in [3.05, 3.63) is 91.0 Å². The maximum absolute atomic E-state index is 14.3. The first-order valence-electron chi connectivity index (χ1n) is 12.9. The molecule has 0 heterocycles. The highest BCUT2D eigenvalue weighted by atomic mass is 35.5. The molecule has 0 aromatic heterocycles. The quantitative estimate of drug-likeness (QED) is 0.162. The van der Waals surface area contributed by atoms with E-state index in [1.165, 1.54) is 7.05 Å². The zero-order valence-electron chi connectivity index (χ0n) is 22.9. The first-order valence-corrected chi connectivity index (χ1v) is 15.1. The minimum Gasteiger partial charge on any atom is -0.465 e. The van der Waals surface area contributed by atoms with Crippen LogP contribution < -0.4 is 21.2 Å². The van der Waals surface area contributed by atoms with E-state index in [-0.39, 0.29) is 18.5 Å². The van der Waals surface area contributed by atoms with E-state index >= 15 is 0 Å². The number of alkyl halides is 1. The number of hydrogen-bond acceptors (Lipinski definition) is 6. The van der Waals surface area contributed by atoms with Gasteiger partial charge in [-0.1, -0.05) is 103 Å². The lowest BCUT2D eigenvalue weighted by molar-refractivity contribution is -0.151. The van der Waals surface area contributed by atoms with Crippen LogP contribution in [0.15, 0.2) is 91.0 Å². The van der Waals surface area contributed by atoms with Crippen LogP contribution in [0.1, 0.15) is 20.8 Å². The van der Waals surface area contributed by atoms with Gasteiger partial charge in [0.25, 0.3) is 0 Å². The van der Waals surface area contributed by atoms with Crippen molar-refractivity contribution in [1.82, 2.24) is 5.32 Å². The molecule has 0 aliphatic carbocycles. The van der Waals surface area contributed by atoms with Crippen molar-refractivity contribution in [3.8, 4) is 0 Å². The number of benzene rings is 3. The Morgan fingerprint density at radius 3 is 1.50 bits per heavy atom. The van der Waals surface area contributed by atoms with Gasteiger partial charge in [0.2, 0.25) is 5.91 Å². The van der Waals surface area contributed by atoms with Crippen LogP contribution in [0.4, 0.5) is 0 Å². The van der Waals surface area contributed by atoms with Crippen LogP contribution in [0.5, 0.6) is 0 Å². The minimum absolute atomic E-state index is 0.0222. The highest BCUT2D eigenvalue weighted by Crippen LogP contribution is 2.50. The molecule has 210 valence electrons. The number of amides is 1. The molecule has 0 aliphatic heterocycles. The monoisotopic (exact) mass is 581 g/mol. The number of ether oxygens (including phenoxy) is 2. The summed E-state index contributed by atoms with van der Waals surface area (Å²) in [7, 11) is 1.31. The van der Waals surface area contributed by atoms with E-state index in [1.807, 2.05) is 91.0 Å². The third-order valence-corrected chi connectivity index (χ3v) is 11.6. The molecule has 0 saturated heterocycles. The van der Waals surface area contributed by atoms with Gasteiger partial charge in [0.15, 0.2) is 10.7 Å². The van der Waals surface area contributed by atoms with Gasteiger partial charge in [0, 0.05) is 7.05 Å². The lowest BCUT2D eigenvalue weighted by Crippen LogP contribution is -2.59. The fourth-order valence-electron chi connectivity index (χ4n) is 4.84. The molecule has 0 radical (unpaired) electrons. The van der Waals surface area contributed by atoms with Crippen molar-refractivity contribution in [2.24, 2.45) is 5.92 Å². The Morgan fingerprint density at radius 1 is 0.775 bits per heavy atom. The smallest absolute Gasteiger partial charge is 0.336 e. The molecule has 40 heavy (non-hydrogen) atoms. The van der Waals surface area contributed by atoms with Gasteiger partial charge in [-0.2, -0.15) is 0 Å². The summed E-state index contributed by atoms with van der Waals surface area (Å²) < 4.78 is 11.1. The van der Waals surface area contributed by atoms with E-state index in [1.54, 1.807) is 13.8 Å². The SMILES string of the molecule is CCOC(=O)C(C(C(=O)OCC)C(Cl)(C(C)=O)C(=O)NC)=P(c1ccccc1)(c1ccccc1)c1ccccc1. The van der Waals surface area contributed by atoms with E-state index < -0.39 is 41.3 Å². The number of ketones is 1. The molecule has 0 spiro atoms. The number of hydrogen-bond donors (Lipinski definition) is 1. The molecule has 7 nitrogen and oxygen atoms in total. The topological polar surface area (TPSA) is 98.8 Å². The van der Waals surface area contributed by atoms with Gasteiger partial charge in [-0.15, -0.1) is 0 Å². The first-order chi connectivity index (χ1) is 19.2. The van der Waals surface area contributed by atoms with Crippen LogP contribution in [0, 0.1) is 5.92 Å². The van der Waals surface area contributed by atoms with Gasteiger partial charge in [0.05, 0.1) is 18.5 Å². The molecule has 3 rings (SSSR count). The Hall–Kier alpha value is -3.67. The van der Waals surface area contributed by atoms with E-state index in [0.717, 1.165) is 6.92 Å². The van der Waals surface area contributed by atoms with E-state index in [2.05, 4.69) is 5.32 Å². The molecule has 0 bridgehead atoms. The standard InChI is InChI=1S/C31H33ClNO6P/c1-5-38-28(35)26(31(32,22(3)34)30(37)33-4)27(29(36)39-6-2)40(23-16-10-7-11-17-23,24-18-12-8-13-19-24)25-20-14-9-15-21-25/h7-21,26H,5-6H2,1-4H3,(H,33,37). The second-order valence-electron chi connectivity index (χ2n) is 8.82. The summed E-state index contributed by atoms with van der Waals surface area (Å²) >= 11 is 6.96. The van der Waals surface area contributed by atoms with Crippen molar-refractivity contribution in [2.45, 2.75) is 25.6 Å². The Kier molecular flexibility index (Phi) is 10.5. The van der Waals surface area contributed by atoms with Crippen LogP contribution in [0.2, 0.25) is 0 Å². The summed E-state index contributed by atoms with van der Waals surface area (Å²) in [6.07, 6.45) is 0. The first kappa shape index (κ1) is 30.9. The average molecular weight is 582 g/mol. The van der Waals surface area contributed by atoms with Gasteiger partial charge >= 0.3 is 11.9 Å². The van der Waals surface area contributed by atoms with E-state index in [4.69, 9.17) is 21.1 Å². The highest BCUT2D eigenvalue weighted by Gasteiger charge is 2.58. The van der Waals surface area contributed by atoms with E-state index in [9.17, 15) is 19.2 Å². The van der Waals surface area contributed by atoms with Gasteiger partial charge in [0.1, 0.15) is 5.92 Å². The predicted octanol–water partition coefficient (Wildman–Crippen LogP) is 3.21. The number of carbonyl (C=O) groups excluding carboxylic acids is 4. The number of rotatable bonds is 11. The van der Waals surface area contributed by atoms with E-state index in [0.29, 0.717) is 15.9 Å². The van der Waals surface area contributed by atoms with Crippen LogP contribution in [0.25, 0.3) is 0 Å². The molecule has 1 amide bonds. The molecule has 9 heteroatoms. The largest absolute Gasteiger partial charge is 0.465 e. The number of halogens is 1. The second-order valence-corrected chi connectivity index (χ2v) is 12.8. The van der Waals surface area contributed by atoms with Crippen LogP contribution in [0.3, 0.4) is 0 Å². The minimum atomic E-state index is -3.34. The van der Waals surface area contributed by atoms with Gasteiger partial charge in [-0.05, 0) is 43.6 Å². The molecule has 2 atom stereocenters. The Bertz CT molecular complexity index is 1310. The fraction of sp³-hybridized carbons (Fsp3) is 0.258. The molecular weight excluding hydrogens is 549 g/mol. The third-order valence-electron chi connectivity index (χ3n) is 6.54. The maximum Gasteiger partial charge on any atom is 0.336 e. The summed E-state index contributed by atoms with van der Waals surface area (Å²) in [5.74, 6) is -5.40. The number of esters is 2.